The van der Waals surface area contributed by atoms with Crippen LogP contribution in [0.4, 0.5) is 0 Å². The molecule has 0 radical (unpaired) electrons. The minimum atomic E-state index is 0.955. The molecule has 0 bridgehead atoms. The molecular formula is C10H15N3. The van der Waals surface area contributed by atoms with E-state index in [2.05, 4.69) is 34.4 Å². The smallest absolute Gasteiger partial charge is 0.132 e. The molecule has 3 nitrogen and oxygen atoms in total. The second kappa shape index (κ2) is 3.75. The molecule has 0 saturated carbocycles. The molecule has 0 spiro atoms. The molecule has 0 aromatic rings. The van der Waals surface area contributed by atoms with E-state index in [-0.39, 0.29) is 0 Å². The first kappa shape index (κ1) is 8.51. The lowest BCUT2D eigenvalue weighted by Gasteiger charge is -2.25. The average Bonchev–Trinajstić information content (AvgIpc) is 2.20. The number of hydrogen-bond donors (Lipinski definition) is 1. The van der Waals surface area contributed by atoms with Crippen molar-refractivity contribution in [2.75, 3.05) is 26.7 Å². The first-order valence-electron chi connectivity index (χ1n) is 4.72. The molecule has 0 aromatic heterocycles. The van der Waals surface area contributed by atoms with E-state index in [1.807, 2.05) is 6.20 Å². The molecule has 0 aromatic carbocycles. The van der Waals surface area contributed by atoms with Crippen molar-refractivity contribution in [1.82, 2.24) is 10.2 Å². The highest BCUT2D eigenvalue weighted by atomic mass is 15.2. The first-order chi connectivity index (χ1) is 6.38. The molecule has 2 heterocycles. The molecule has 2 aliphatic rings. The molecule has 70 valence electrons. The van der Waals surface area contributed by atoms with E-state index >= 15 is 0 Å². The standard InChI is InChI=1S/C10H15N3/c1-13-7-3-6-12-10(13)9-4-2-5-11-8-9/h3-4,6,11H,2,5,7-8H2,1H3. The lowest BCUT2D eigenvalue weighted by molar-refractivity contribution is 0.550. The van der Waals surface area contributed by atoms with Crippen molar-refractivity contribution in [2.24, 2.45) is 4.99 Å². The third-order valence-corrected chi connectivity index (χ3v) is 2.36. The fourth-order valence-electron chi connectivity index (χ4n) is 1.66. The van der Waals surface area contributed by atoms with Gasteiger partial charge in [-0.05, 0) is 19.0 Å². The topological polar surface area (TPSA) is 27.6 Å². The summed E-state index contributed by atoms with van der Waals surface area (Å²) < 4.78 is 0. The van der Waals surface area contributed by atoms with E-state index in [1.165, 1.54) is 5.57 Å². The van der Waals surface area contributed by atoms with Gasteiger partial charge in [-0.2, -0.15) is 0 Å². The molecule has 3 heteroatoms. The van der Waals surface area contributed by atoms with Crippen LogP contribution in [-0.4, -0.2) is 37.4 Å². The summed E-state index contributed by atoms with van der Waals surface area (Å²) in [6.45, 7) is 3.02. The van der Waals surface area contributed by atoms with E-state index in [0.717, 1.165) is 31.9 Å². The molecule has 0 aliphatic carbocycles. The van der Waals surface area contributed by atoms with Gasteiger partial charge in [-0.15, -0.1) is 0 Å². The molecule has 0 atom stereocenters. The minimum absolute atomic E-state index is 0.955. The molecule has 2 rings (SSSR count). The molecule has 2 aliphatic heterocycles. The number of aliphatic imine (C=N–C) groups is 1. The first-order valence-corrected chi connectivity index (χ1v) is 4.72. The van der Waals surface area contributed by atoms with Gasteiger partial charge in [0.25, 0.3) is 0 Å². The summed E-state index contributed by atoms with van der Waals surface area (Å²) in [5.41, 5.74) is 1.33. The Bertz CT molecular complexity index is 276. The minimum Gasteiger partial charge on any atom is -0.356 e. The van der Waals surface area contributed by atoms with Gasteiger partial charge >= 0.3 is 0 Å². The molecule has 0 saturated heterocycles. The molecule has 13 heavy (non-hydrogen) atoms. The highest BCUT2D eigenvalue weighted by Crippen LogP contribution is 2.09. The maximum atomic E-state index is 4.39. The van der Waals surface area contributed by atoms with Crippen LogP contribution >= 0.6 is 0 Å². The molecule has 0 fully saturated rings. The van der Waals surface area contributed by atoms with Gasteiger partial charge in [-0.25, -0.2) is 4.99 Å². The monoisotopic (exact) mass is 177 g/mol. The van der Waals surface area contributed by atoms with Gasteiger partial charge in [0.15, 0.2) is 0 Å². The SMILES string of the molecule is CN1CC=CN=C1C1=CCCNC1. The summed E-state index contributed by atoms with van der Waals surface area (Å²) in [6, 6.07) is 0. The Kier molecular flexibility index (Phi) is 2.45. The maximum absolute atomic E-state index is 4.39. The van der Waals surface area contributed by atoms with E-state index in [9.17, 15) is 0 Å². The predicted molar refractivity (Wildman–Crippen MR) is 54.8 cm³/mol. The highest BCUT2D eigenvalue weighted by Gasteiger charge is 2.14. The zero-order valence-electron chi connectivity index (χ0n) is 7.95. The second-order valence-corrected chi connectivity index (χ2v) is 3.41. The molecule has 1 N–H and O–H groups in total. The van der Waals surface area contributed by atoms with Crippen LogP contribution in [0, 0.1) is 0 Å². The highest BCUT2D eigenvalue weighted by molar-refractivity contribution is 5.99. The molecular weight excluding hydrogens is 162 g/mol. The Hall–Kier alpha value is -1.09. The van der Waals surface area contributed by atoms with Crippen molar-refractivity contribution in [1.29, 1.82) is 0 Å². The third kappa shape index (κ3) is 1.80. The number of rotatable bonds is 1. The summed E-state index contributed by atoms with van der Waals surface area (Å²) in [4.78, 5) is 6.57. The van der Waals surface area contributed by atoms with E-state index in [0.29, 0.717) is 0 Å². The molecule has 0 amide bonds. The van der Waals surface area contributed by atoms with Gasteiger partial charge in [0.2, 0.25) is 0 Å². The van der Waals surface area contributed by atoms with Crippen LogP contribution in [-0.2, 0) is 0 Å². The van der Waals surface area contributed by atoms with Crippen LogP contribution in [0.3, 0.4) is 0 Å². The van der Waals surface area contributed by atoms with Crippen LogP contribution in [0.15, 0.2) is 28.9 Å². The average molecular weight is 177 g/mol. The van der Waals surface area contributed by atoms with Crippen molar-refractivity contribution in [2.45, 2.75) is 6.42 Å². The number of nitrogens with zero attached hydrogens (tertiary/aromatic N) is 2. The fourth-order valence-corrected chi connectivity index (χ4v) is 1.66. The summed E-state index contributed by atoms with van der Waals surface area (Å²) in [7, 11) is 2.08. The van der Waals surface area contributed by atoms with Crippen molar-refractivity contribution < 1.29 is 0 Å². The van der Waals surface area contributed by atoms with Gasteiger partial charge in [0.05, 0.1) is 0 Å². The fraction of sp³-hybridized carbons (Fsp3) is 0.500. The summed E-state index contributed by atoms with van der Waals surface area (Å²) in [5.74, 6) is 1.12. The third-order valence-electron chi connectivity index (χ3n) is 2.36. The number of likely N-dealkylation sites (N-methyl/N-ethyl adjacent to an activating group) is 1. The second-order valence-electron chi connectivity index (χ2n) is 3.41. The van der Waals surface area contributed by atoms with Gasteiger partial charge in [0.1, 0.15) is 5.84 Å². The van der Waals surface area contributed by atoms with Crippen LogP contribution in [0.25, 0.3) is 0 Å². The van der Waals surface area contributed by atoms with Crippen molar-refractivity contribution >= 4 is 5.84 Å². The van der Waals surface area contributed by atoms with E-state index < -0.39 is 0 Å². The Morgan fingerprint density at radius 1 is 1.54 bits per heavy atom. The van der Waals surface area contributed by atoms with Crippen molar-refractivity contribution in [3.8, 4) is 0 Å². The van der Waals surface area contributed by atoms with Gasteiger partial charge in [-0.1, -0.05) is 6.08 Å². The zero-order valence-corrected chi connectivity index (χ0v) is 7.95. The summed E-state index contributed by atoms with van der Waals surface area (Å²) in [5, 5.41) is 3.35. The zero-order chi connectivity index (χ0) is 9.10. The lowest BCUT2D eigenvalue weighted by Crippen LogP contribution is -2.35. The van der Waals surface area contributed by atoms with Crippen LogP contribution in [0.2, 0.25) is 0 Å². The molecule has 0 unspecified atom stereocenters. The van der Waals surface area contributed by atoms with Crippen molar-refractivity contribution in [3.05, 3.63) is 23.9 Å². The van der Waals surface area contributed by atoms with Crippen LogP contribution in [0.1, 0.15) is 6.42 Å². The predicted octanol–water partition coefficient (Wildman–Crippen LogP) is 0.764. The van der Waals surface area contributed by atoms with Gasteiger partial charge in [-0.3, -0.25) is 0 Å². The Morgan fingerprint density at radius 2 is 2.46 bits per heavy atom. The normalized spacial score (nSPS) is 22.7. The van der Waals surface area contributed by atoms with E-state index in [1.54, 1.807) is 0 Å². The van der Waals surface area contributed by atoms with Gasteiger partial charge in [0, 0.05) is 31.9 Å². The number of hydrogen-bond acceptors (Lipinski definition) is 3. The quantitative estimate of drug-likeness (QED) is 0.640. The Labute approximate surface area is 78.8 Å². The van der Waals surface area contributed by atoms with E-state index in [4.69, 9.17) is 0 Å². The maximum Gasteiger partial charge on any atom is 0.132 e. The van der Waals surface area contributed by atoms with Crippen LogP contribution < -0.4 is 5.32 Å². The van der Waals surface area contributed by atoms with Gasteiger partial charge < -0.3 is 10.2 Å². The lowest BCUT2D eigenvalue weighted by atomic mass is 10.1. The summed E-state index contributed by atoms with van der Waals surface area (Å²) in [6.07, 6.45) is 7.36. The van der Waals surface area contributed by atoms with Crippen molar-refractivity contribution in [3.63, 3.8) is 0 Å². The number of nitrogens with one attached hydrogen (secondary N) is 1. The van der Waals surface area contributed by atoms with Crippen LogP contribution in [0.5, 0.6) is 0 Å². The number of amidine groups is 1. The largest absolute Gasteiger partial charge is 0.356 e. The Morgan fingerprint density at radius 3 is 3.15 bits per heavy atom. The Balaban J connectivity index is 2.18. The summed E-state index contributed by atoms with van der Waals surface area (Å²) >= 11 is 0.